The van der Waals surface area contributed by atoms with Gasteiger partial charge in [-0.3, -0.25) is 0 Å². The molecule has 2 aromatic rings. The predicted octanol–water partition coefficient (Wildman–Crippen LogP) is 2.85. The van der Waals surface area contributed by atoms with E-state index in [1.807, 2.05) is 11.8 Å². The Kier molecular flexibility index (Phi) is 3.43. The lowest BCUT2D eigenvalue weighted by Gasteiger charge is -2.30. The van der Waals surface area contributed by atoms with Crippen LogP contribution in [0.1, 0.15) is 5.56 Å². The first kappa shape index (κ1) is 11.9. The van der Waals surface area contributed by atoms with Gasteiger partial charge in [0.15, 0.2) is 0 Å². The highest BCUT2D eigenvalue weighted by molar-refractivity contribution is 7.99. The summed E-state index contributed by atoms with van der Waals surface area (Å²) in [5.41, 5.74) is 8.43. The van der Waals surface area contributed by atoms with Gasteiger partial charge in [0.2, 0.25) is 0 Å². The lowest BCUT2D eigenvalue weighted by molar-refractivity contribution is 0.862. The number of fused-ring (bicyclic) bond motifs is 1. The highest BCUT2D eigenvalue weighted by Gasteiger charge is 2.14. The van der Waals surface area contributed by atoms with Crippen molar-refractivity contribution in [1.82, 2.24) is 0 Å². The standard InChI is InChI=1S/C15H18N2S/c16-11-12-5-6-15(17-7-9-18-10-8-17)14-4-2-1-3-13(12)14/h1-6H,7-11,16H2. The van der Waals surface area contributed by atoms with E-state index >= 15 is 0 Å². The highest BCUT2D eigenvalue weighted by atomic mass is 32.2. The molecule has 0 amide bonds. The van der Waals surface area contributed by atoms with Gasteiger partial charge in [0, 0.05) is 42.2 Å². The number of anilines is 1. The van der Waals surface area contributed by atoms with E-state index in [9.17, 15) is 0 Å². The van der Waals surface area contributed by atoms with Crippen LogP contribution in [0.15, 0.2) is 36.4 Å². The summed E-state index contributed by atoms with van der Waals surface area (Å²) in [6.45, 7) is 2.91. The number of nitrogens with two attached hydrogens (primary N) is 1. The molecule has 2 aromatic carbocycles. The first-order valence-corrected chi connectivity index (χ1v) is 7.59. The summed E-state index contributed by atoms with van der Waals surface area (Å²) in [5, 5.41) is 2.64. The summed E-state index contributed by atoms with van der Waals surface area (Å²) in [6.07, 6.45) is 0. The van der Waals surface area contributed by atoms with Gasteiger partial charge in [-0.1, -0.05) is 30.3 Å². The van der Waals surface area contributed by atoms with Crippen LogP contribution in [0.25, 0.3) is 10.8 Å². The number of hydrogen-bond donors (Lipinski definition) is 1. The zero-order valence-corrected chi connectivity index (χ0v) is 11.2. The average Bonchev–Trinajstić information content (AvgIpc) is 2.47. The monoisotopic (exact) mass is 258 g/mol. The van der Waals surface area contributed by atoms with Gasteiger partial charge in [-0.15, -0.1) is 0 Å². The minimum Gasteiger partial charge on any atom is -0.369 e. The third-order valence-electron chi connectivity index (χ3n) is 3.56. The smallest absolute Gasteiger partial charge is 0.0446 e. The molecule has 2 nitrogen and oxygen atoms in total. The molecule has 3 rings (SSSR count). The van der Waals surface area contributed by atoms with Crippen LogP contribution in [0.4, 0.5) is 5.69 Å². The molecule has 0 unspecified atom stereocenters. The Morgan fingerprint density at radius 1 is 1.00 bits per heavy atom. The Bertz CT molecular complexity index is 547. The number of thioether (sulfide) groups is 1. The maximum atomic E-state index is 5.83. The van der Waals surface area contributed by atoms with E-state index in [0.717, 1.165) is 13.1 Å². The van der Waals surface area contributed by atoms with Gasteiger partial charge < -0.3 is 10.6 Å². The van der Waals surface area contributed by atoms with Crippen molar-refractivity contribution < 1.29 is 0 Å². The molecule has 0 atom stereocenters. The Morgan fingerprint density at radius 2 is 1.72 bits per heavy atom. The van der Waals surface area contributed by atoms with Crippen LogP contribution in [0, 0.1) is 0 Å². The Labute approximate surface area is 112 Å². The normalized spacial score (nSPS) is 16.2. The van der Waals surface area contributed by atoms with Crippen molar-refractivity contribution in [3.63, 3.8) is 0 Å². The summed E-state index contributed by atoms with van der Waals surface area (Å²) < 4.78 is 0. The van der Waals surface area contributed by atoms with Crippen molar-refractivity contribution in [2.24, 2.45) is 5.73 Å². The summed E-state index contributed by atoms with van der Waals surface area (Å²) >= 11 is 2.04. The van der Waals surface area contributed by atoms with Gasteiger partial charge >= 0.3 is 0 Å². The van der Waals surface area contributed by atoms with E-state index in [4.69, 9.17) is 5.73 Å². The van der Waals surface area contributed by atoms with Crippen molar-refractivity contribution in [3.05, 3.63) is 42.0 Å². The van der Waals surface area contributed by atoms with Gasteiger partial charge in [-0.25, -0.2) is 0 Å². The van der Waals surface area contributed by atoms with E-state index in [1.165, 1.54) is 33.5 Å². The molecule has 0 radical (unpaired) electrons. The molecule has 1 saturated heterocycles. The molecule has 94 valence electrons. The van der Waals surface area contributed by atoms with Crippen molar-refractivity contribution in [2.75, 3.05) is 29.5 Å². The highest BCUT2D eigenvalue weighted by Crippen LogP contribution is 2.30. The number of rotatable bonds is 2. The average molecular weight is 258 g/mol. The van der Waals surface area contributed by atoms with Gasteiger partial charge in [-0.2, -0.15) is 11.8 Å². The van der Waals surface area contributed by atoms with E-state index in [-0.39, 0.29) is 0 Å². The second kappa shape index (κ2) is 5.21. The van der Waals surface area contributed by atoms with E-state index in [1.54, 1.807) is 0 Å². The fraction of sp³-hybridized carbons (Fsp3) is 0.333. The molecule has 2 N–H and O–H groups in total. The SMILES string of the molecule is NCc1ccc(N2CCSCC2)c2ccccc12. The van der Waals surface area contributed by atoms with Crippen LogP contribution in [-0.2, 0) is 6.54 Å². The second-order valence-electron chi connectivity index (χ2n) is 4.59. The van der Waals surface area contributed by atoms with Crippen molar-refractivity contribution >= 4 is 28.2 Å². The number of nitrogens with zero attached hydrogens (tertiary/aromatic N) is 1. The molecule has 0 aromatic heterocycles. The molecule has 1 aliphatic rings. The molecular formula is C15H18N2S. The molecule has 1 heterocycles. The molecule has 18 heavy (non-hydrogen) atoms. The van der Waals surface area contributed by atoms with E-state index in [2.05, 4.69) is 41.3 Å². The van der Waals surface area contributed by atoms with Crippen molar-refractivity contribution in [2.45, 2.75) is 6.54 Å². The molecule has 0 aliphatic carbocycles. The quantitative estimate of drug-likeness (QED) is 0.898. The van der Waals surface area contributed by atoms with Gasteiger partial charge in [0.05, 0.1) is 0 Å². The first-order valence-electron chi connectivity index (χ1n) is 6.43. The fourth-order valence-corrected chi connectivity index (χ4v) is 3.51. The fourth-order valence-electron chi connectivity index (χ4n) is 2.60. The van der Waals surface area contributed by atoms with Gasteiger partial charge in [0.1, 0.15) is 0 Å². The summed E-state index contributed by atoms with van der Waals surface area (Å²) in [5.74, 6) is 2.46. The minimum absolute atomic E-state index is 0.608. The van der Waals surface area contributed by atoms with Crippen molar-refractivity contribution in [1.29, 1.82) is 0 Å². The van der Waals surface area contributed by atoms with Crippen LogP contribution in [0.3, 0.4) is 0 Å². The molecule has 1 fully saturated rings. The summed E-state index contributed by atoms with van der Waals surface area (Å²) in [4.78, 5) is 2.50. The molecular weight excluding hydrogens is 240 g/mol. The third kappa shape index (κ3) is 2.08. The minimum atomic E-state index is 0.608. The van der Waals surface area contributed by atoms with Crippen LogP contribution in [0.2, 0.25) is 0 Å². The lowest BCUT2D eigenvalue weighted by Crippen LogP contribution is -2.32. The zero-order valence-electron chi connectivity index (χ0n) is 10.4. The molecule has 0 bridgehead atoms. The van der Waals surface area contributed by atoms with Gasteiger partial charge in [-0.05, 0) is 17.0 Å². The lowest BCUT2D eigenvalue weighted by atomic mass is 10.0. The Morgan fingerprint density at radius 3 is 2.44 bits per heavy atom. The molecule has 0 saturated carbocycles. The van der Waals surface area contributed by atoms with Crippen LogP contribution in [-0.4, -0.2) is 24.6 Å². The Hall–Kier alpha value is -1.19. The number of benzene rings is 2. The van der Waals surface area contributed by atoms with Crippen molar-refractivity contribution in [3.8, 4) is 0 Å². The number of hydrogen-bond acceptors (Lipinski definition) is 3. The maximum absolute atomic E-state index is 5.83. The third-order valence-corrected chi connectivity index (χ3v) is 4.51. The second-order valence-corrected chi connectivity index (χ2v) is 5.82. The Balaban J connectivity index is 2.12. The maximum Gasteiger partial charge on any atom is 0.0446 e. The van der Waals surface area contributed by atoms with Crippen LogP contribution in [0.5, 0.6) is 0 Å². The topological polar surface area (TPSA) is 29.3 Å². The zero-order chi connectivity index (χ0) is 12.4. The summed E-state index contributed by atoms with van der Waals surface area (Å²) in [6, 6.07) is 13.0. The van der Waals surface area contributed by atoms with E-state index in [0.29, 0.717) is 6.54 Å². The van der Waals surface area contributed by atoms with Crippen LogP contribution >= 0.6 is 11.8 Å². The van der Waals surface area contributed by atoms with Gasteiger partial charge in [0.25, 0.3) is 0 Å². The molecule has 3 heteroatoms. The van der Waals surface area contributed by atoms with E-state index < -0.39 is 0 Å². The molecule has 0 spiro atoms. The molecule has 1 aliphatic heterocycles. The first-order chi connectivity index (χ1) is 8.90. The predicted molar refractivity (Wildman–Crippen MR) is 81.4 cm³/mol. The van der Waals surface area contributed by atoms with Crippen LogP contribution < -0.4 is 10.6 Å². The summed E-state index contributed by atoms with van der Waals surface area (Å²) in [7, 11) is 0. The largest absolute Gasteiger partial charge is 0.369 e.